The average molecular weight is 426 g/mol. The van der Waals surface area contributed by atoms with Crippen LogP contribution in [0.1, 0.15) is 0 Å². The van der Waals surface area contributed by atoms with Crippen LogP contribution in [0.15, 0.2) is 0 Å². The van der Waals surface area contributed by atoms with E-state index in [1.807, 2.05) is 0 Å². The predicted molar refractivity (Wildman–Crippen MR) is 38.7 cm³/mol. The maximum absolute atomic E-state index is 5.29. The van der Waals surface area contributed by atoms with Crippen LogP contribution in [-0.4, -0.2) is 5.48 Å². The molecule has 60 valence electrons. The molecule has 0 aliphatic carbocycles. The van der Waals surface area contributed by atoms with Crippen LogP contribution in [0.2, 0.25) is 0 Å². The van der Waals surface area contributed by atoms with Crippen LogP contribution < -0.4 is 0 Å². The van der Waals surface area contributed by atoms with Gasteiger partial charge >= 0.3 is 63.8 Å². The van der Waals surface area contributed by atoms with E-state index in [1.54, 1.807) is 0 Å². The van der Waals surface area contributed by atoms with Gasteiger partial charge in [0.05, 0.1) is 0 Å². The summed E-state index contributed by atoms with van der Waals surface area (Å²) in [6.07, 6.45) is 0. The summed E-state index contributed by atoms with van der Waals surface area (Å²) >= 11 is 0. The number of halogens is 6. The van der Waals surface area contributed by atoms with Crippen LogP contribution in [-0.2, 0) is 7.31 Å². The fraction of sp³-hybridized carbons (Fsp3) is 0. The minimum atomic E-state index is -5.29. The molecule has 0 rings (SSSR count). The van der Waals surface area contributed by atoms with E-state index >= 15 is 0 Å². The molecule has 8 heteroatoms. The van der Waals surface area contributed by atoms with Crippen LogP contribution in [0.4, 0.5) is 0 Å². The van der Waals surface area contributed by atoms with E-state index in [-0.39, 0.29) is 5.48 Å². The second-order valence-electron chi connectivity index (χ2n) is 0.678. The molecule has 0 aromatic heterocycles. The van der Waals surface area contributed by atoms with Crippen LogP contribution in [0.25, 0.3) is 0 Å². The van der Waals surface area contributed by atoms with Crippen molar-refractivity contribution in [2.45, 2.75) is 0 Å². The van der Waals surface area contributed by atoms with Gasteiger partial charge in [-0.1, -0.05) is 0 Å². The molecular weight excluding hydrogens is 424 g/mol. The molecule has 0 saturated carbocycles. The van der Waals surface area contributed by atoms with Crippen LogP contribution in [0.3, 0.4) is 0 Å². The molecule has 0 aliphatic heterocycles. The van der Waals surface area contributed by atoms with Gasteiger partial charge in [-0.15, -0.1) is 0 Å². The van der Waals surface area contributed by atoms with Crippen molar-refractivity contribution < 1.29 is 12.8 Å². The summed E-state index contributed by atoms with van der Waals surface area (Å²) in [6.45, 7) is 0. The minimum absolute atomic E-state index is 0. The van der Waals surface area contributed by atoms with E-state index < -0.39 is 7.31 Å². The van der Waals surface area contributed by atoms with Gasteiger partial charge in [0.15, 0.2) is 0 Å². The Balaban J connectivity index is 0. The zero-order valence-electron chi connectivity index (χ0n) is 3.08. The quantitative estimate of drug-likeness (QED) is 0.570. The number of hydrogen-bond donors (Lipinski definition) is 0. The molecule has 0 radical (unpaired) electrons. The van der Waals surface area contributed by atoms with Gasteiger partial charge in [-0.3, -0.25) is 0 Å². The second kappa shape index (κ2) is 2.18. The summed E-state index contributed by atoms with van der Waals surface area (Å²) in [5.41, 5.74) is 0. The first kappa shape index (κ1) is 13.0. The standard InChI is InChI=1S/6ClH.H2O.Pt/h6*1H;1H2;/q;;;;;;;+6/p-6. The Hall–Kier alpha value is 2.39. The van der Waals surface area contributed by atoms with Gasteiger partial charge in [0.25, 0.3) is 0 Å². The summed E-state index contributed by atoms with van der Waals surface area (Å²) in [4.78, 5) is 0. The average Bonchev–Trinajstić information content (AvgIpc) is 0.592. The van der Waals surface area contributed by atoms with Crippen LogP contribution in [0.5, 0.6) is 0 Å². The molecule has 8 heavy (non-hydrogen) atoms. The third-order valence-corrected chi connectivity index (χ3v) is 0. The summed E-state index contributed by atoms with van der Waals surface area (Å²) in [5, 5.41) is 0. The molecule has 0 spiro atoms. The van der Waals surface area contributed by atoms with Crippen molar-refractivity contribution in [3.8, 4) is 0 Å². The molecule has 2 N–H and O–H groups in total. The van der Waals surface area contributed by atoms with Gasteiger partial charge in [-0.25, -0.2) is 0 Å². The van der Waals surface area contributed by atoms with Crippen molar-refractivity contribution >= 4 is 56.5 Å². The molecule has 0 aliphatic rings. The fourth-order valence-corrected chi connectivity index (χ4v) is 0. The van der Waals surface area contributed by atoms with Gasteiger partial charge in [0, 0.05) is 0 Å². The zero-order chi connectivity index (χ0) is 6.41. The molecule has 0 unspecified atom stereocenters. The third-order valence-electron chi connectivity index (χ3n) is 0. The summed E-state index contributed by atoms with van der Waals surface area (Å²) in [5.74, 6) is 0. The van der Waals surface area contributed by atoms with E-state index in [1.165, 1.54) is 0 Å². The van der Waals surface area contributed by atoms with Crippen molar-refractivity contribution in [2.75, 3.05) is 0 Å². The molecule has 0 amide bonds. The monoisotopic (exact) mass is 423 g/mol. The summed E-state index contributed by atoms with van der Waals surface area (Å²) in [6, 6.07) is 0. The van der Waals surface area contributed by atoms with Crippen molar-refractivity contribution in [1.29, 1.82) is 0 Å². The predicted octanol–water partition coefficient (Wildman–Crippen LogP) is 3.31. The van der Waals surface area contributed by atoms with Gasteiger partial charge in [0.1, 0.15) is 0 Å². The molecule has 0 aromatic rings. The van der Waals surface area contributed by atoms with Gasteiger partial charge in [0.2, 0.25) is 0 Å². The van der Waals surface area contributed by atoms with Gasteiger partial charge < -0.3 is 5.48 Å². The Morgan fingerprint density at radius 2 is 0.625 bits per heavy atom. The van der Waals surface area contributed by atoms with Crippen LogP contribution >= 0.6 is 56.5 Å². The zero-order valence-corrected chi connectivity index (χ0v) is 9.89. The maximum atomic E-state index is 5.05. The van der Waals surface area contributed by atoms with E-state index in [2.05, 4.69) is 0 Å². The Bertz CT molecular complexity index is 67.1. The first-order valence-corrected chi connectivity index (χ1v) is 17.6. The van der Waals surface area contributed by atoms with E-state index in [4.69, 9.17) is 56.5 Å². The molecule has 0 bridgehead atoms. The first-order valence-electron chi connectivity index (χ1n) is 0.717. The number of hydrogen-bond acceptors (Lipinski definition) is 0. The summed E-state index contributed by atoms with van der Waals surface area (Å²) in [7, 11) is 25.0. The van der Waals surface area contributed by atoms with Gasteiger partial charge in [-0.2, -0.15) is 0 Å². The van der Waals surface area contributed by atoms with Crippen molar-refractivity contribution in [2.24, 2.45) is 0 Å². The summed E-state index contributed by atoms with van der Waals surface area (Å²) < 4.78 is 0. The fourth-order valence-electron chi connectivity index (χ4n) is 0. The van der Waals surface area contributed by atoms with Crippen molar-refractivity contribution in [3.05, 3.63) is 0 Å². The molecule has 0 heterocycles. The molecular formula is H2Cl6OPt. The molecule has 0 aromatic carbocycles. The van der Waals surface area contributed by atoms with Crippen molar-refractivity contribution in [1.82, 2.24) is 0 Å². The Kier molecular flexibility index (Phi) is 3.55. The SMILES string of the molecule is O.[Cl][Pt]([Cl])([Cl])([Cl])([Cl])[Cl]. The van der Waals surface area contributed by atoms with Crippen LogP contribution in [0, 0.1) is 0 Å². The number of rotatable bonds is 0. The Labute approximate surface area is 68.5 Å². The van der Waals surface area contributed by atoms with E-state index in [9.17, 15) is 0 Å². The molecule has 1 nitrogen and oxygen atoms in total. The molecule has 0 atom stereocenters. The van der Waals surface area contributed by atoms with E-state index in [0.29, 0.717) is 0 Å². The molecule has 0 saturated heterocycles. The third kappa shape index (κ3) is 80.3. The van der Waals surface area contributed by atoms with Gasteiger partial charge in [-0.05, 0) is 0 Å². The second-order valence-corrected chi connectivity index (χ2v) is 49.9. The Morgan fingerprint density at radius 3 is 0.625 bits per heavy atom. The molecule has 0 fully saturated rings. The van der Waals surface area contributed by atoms with E-state index in [0.717, 1.165) is 0 Å². The normalized spacial score (nSPS) is 20.2. The topological polar surface area (TPSA) is 31.5 Å². The Morgan fingerprint density at radius 1 is 0.625 bits per heavy atom. The first-order chi connectivity index (χ1) is 2.45. The van der Waals surface area contributed by atoms with Crippen molar-refractivity contribution in [3.63, 3.8) is 0 Å².